The van der Waals surface area contributed by atoms with Crippen molar-refractivity contribution in [2.24, 2.45) is 5.92 Å². The molecule has 0 radical (unpaired) electrons. The Labute approximate surface area is 77.8 Å². The highest BCUT2D eigenvalue weighted by Crippen LogP contribution is 2.00. The SMILES string of the molecule is C=CCN(CC(C)C(=O)O)C(C)=O. The molecule has 0 saturated heterocycles. The van der Waals surface area contributed by atoms with Gasteiger partial charge in [-0.15, -0.1) is 6.58 Å². The number of carbonyl (C=O) groups is 2. The van der Waals surface area contributed by atoms with Crippen molar-refractivity contribution in [3.63, 3.8) is 0 Å². The molecule has 0 bridgehead atoms. The first-order chi connectivity index (χ1) is 5.99. The molecular weight excluding hydrogens is 170 g/mol. The van der Waals surface area contributed by atoms with Crippen molar-refractivity contribution in [3.8, 4) is 0 Å². The number of amides is 1. The number of hydrogen-bond donors (Lipinski definition) is 1. The van der Waals surface area contributed by atoms with Gasteiger partial charge >= 0.3 is 5.97 Å². The van der Waals surface area contributed by atoms with E-state index in [9.17, 15) is 9.59 Å². The predicted octanol–water partition coefficient (Wildman–Crippen LogP) is 0.742. The summed E-state index contributed by atoms with van der Waals surface area (Å²) in [4.78, 5) is 22.9. The van der Waals surface area contributed by atoms with E-state index in [0.717, 1.165) is 0 Å². The summed E-state index contributed by atoms with van der Waals surface area (Å²) >= 11 is 0. The Bertz CT molecular complexity index is 213. The lowest BCUT2D eigenvalue weighted by Gasteiger charge is -2.21. The van der Waals surface area contributed by atoms with E-state index in [1.807, 2.05) is 0 Å². The van der Waals surface area contributed by atoms with Crippen LogP contribution in [0, 0.1) is 5.92 Å². The number of carbonyl (C=O) groups excluding carboxylic acids is 1. The normalized spacial score (nSPS) is 11.8. The molecular formula is C9H15NO3. The van der Waals surface area contributed by atoms with Crippen LogP contribution in [0.15, 0.2) is 12.7 Å². The molecule has 0 aliphatic heterocycles. The molecule has 0 fully saturated rings. The zero-order chi connectivity index (χ0) is 10.4. The maximum Gasteiger partial charge on any atom is 0.308 e. The van der Waals surface area contributed by atoms with E-state index in [0.29, 0.717) is 6.54 Å². The van der Waals surface area contributed by atoms with Crippen molar-refractivity contribution in [1.82, 2.24) is 4.90 Å². The summed E-state index contributed by atoms with van der Waals surface area (Å²) in [6.07, 6.45) is 1.58. The standard InChI is InChI=1S/C9H15NO3/c1-4-5-10(8(3)11)6-7(2)9(12)13/h4,7H,1,5-6H2,2-3H3,(H,12,13). The van der Waals surface area contributed by atoms with Crippen LogP contribution in [0.1, 0.15) is 13.8 Å². The van der Waals surface area contributed by atoms with Gasteiger partial charge in [-0.2, -0.15) is 0 Å². The molecule has 0 aromatic heterocycles. The maximum absolute atomic E-state index is 11.0. The summed E-state index contributed by atoms with van der Waals surface area (Å²) in [6.45, 7) is 7.11. The Morgan fingerprint density at radius 3 is 2.46 bits per heavy atom. The number of nitrogens with zero attached hydrogens (tertiary/aromatic N) is 1. The largest absolute Gasteiger partial charge is 0.481 e. The highest BCUT2D eigenvalue weighted by atomic mass is 16.4. The summed E-state index contributed by atoms with van der Waals surface area (Å²) < 4.78 is 0. The molecule has 74 valence electrons. The summed E-state index contributed by atoms with van der Waals surface area (Å²) in [5.41, 5.74) is 0. The van der Waals surface area contributed by atoms with E-state index in [-0.39, 0.29) is 12.5 Å². The third-order valence-corrected chi connectivity index (χ3v) is 1.71. The average molecular weight is 185 g/mol. The van der Waals surface area contributed by atoms with E-state index >= 15 is 0 Å². The zero-order valence-electron chi connectivity index (χ0n) is 7.99. The van der Waals surface area contributed by atoms with E-state index in [2.05, 4.69) is 6.58 Å². The molecule has 0 spiro atoms. The Morgan fingerprint density at radius 2 is 2.15 bits per heavy atom. The highest BCUT2D eigenvalue weighted by molar-refractivity contribution is 5.75. The van der Waals surface area contributed by atoms with Crippen molar-refractivity contribution < 1.29 is 14.7 Å². The summed E-state index contributed by atoms with van der Waals surface area (Å²) in [6, 6.07) is 0. The number of carboxylic acid groups (broad SMARTS) is 1. The van der Waals surface area contributed by atoms with Gasteiger partial charge in [-0.25, -0.2) is 0 Å². The van der Waals surface area contributed by atoms with Crippen molar-refractivity contribution in [3.05, 3.63) is 12.7 Å². The molecule has 4 nitrogen and oxygen atoms in total. The highest BCUT2D eigenvalue weighted by Gasteiger charge is 2.16. The maximum atomic E-state index is 11.0. The fourth-order valence-electron chi connectivity index (χ4n) is 0.896. The third-order valence-electron chi connectivity index (χ3n) is 1.71. The van der Waals surface area contributed by atoms with E-state index in [1.54, 1.807) is 13.0 Å². The monoisotopic (exact) mass is 185 g/mol. The molecule has 0 heterocycles. The molecule has 0 aromatic carbocycles. The Balaban J connectivity index is 4.16. The van der Waals surface area contributed by atoms with Crippen LogP contribution in [0.2, 0.25) is 0 Å². The number of hydrogen-bond acceptors (Lipinski definition) is 2. The molecule has 0 aliphatic rings. The van der Waals surface area contributed by atoms with Gasteiger partial charge in [0.15, 0.2) is 0 Å². The Kier molecular flexibility index (Phi) is 4.80. The molecule has 1 atom stereocenters. The minimum atomic E-state index is -0.893. The Hall–Kier alpha value is -1.32. The second-order valence-electron chi connectivity index (χ2n) is 2.95. The smallest absolute Gasteiger partial charge is 0.308 e. The van der Waals surface area contributed by atoms with E-state index < -0.39 is 11.9 Å². The first kappa shape index (κ1) is 11.7. The molecule has 1 unspecified atom stereocenters. The van der Waals surface area contributed by atoms with Gasteiger partial charge in [0.1, 0.15) is 0 Å². The number of carboxylic acids is 1. The van der Waals surface area contributed by atoms with Crippen molar-refractivity contribution in [2.45, 2.75) is 13.8 Å². The van der Waals surface area contributed by atoms with E-state index in [1.165, 1.54) is 11.8 Å². The summed E-state index contributed by atoms with van der Waals surface area (Å²) in [7, 11) is 0. The first-order valence-corrected chi connectivity index (χ1v) is 4.08. The van der Waals surface area contributed by atoms with Gasteiger partial charge in [-0.3, -0.25) is 9.59 Å². The van der Waals surface area contributed by atoms with Gasteiger partial charge in [-0.05, 0) is 0 Å². The molecule has 13 heavy (non-hydrogen) atoms. The fourth-order valence-corrected chi connectivity index (χ4v) is 0.896. The van der Waals surface area contributed by atoms with Gasteiger partial charge in [0.25, 0.3) is 0 Å². The third kappa shape index (κ3) is 4.30. The lowest BCUT2D eigenvalue weighted by molar-refractivity contribution is -0.142. The lowest BCUT2D eigenvalue weighted by atomic mass is 10.1. The van der Waals surface area contributed by atoms with Crippen LogP contribution in [0.5, 0.6) is 0 Å². The summed E-state index contributed by atoms with van der Waals surface area (Å²) in [5, 5.41) is 8.62. The van der Waals surface area contributed by atoms with Crippen LogP contribution in [0.25, 0.3) is 0 Å². The first-order valence-electron chi connectivity index (χ1n) is 4.08. The molecule has 0 saturated carbocycles. The van der Waals surface area contributed by atoms with Gasteiger partial charge in [0.2, 0.25) is 5.91 Å². The minimum absolute atomic E-state index is 0.131. The molecule has 0 aliphatic carbocycles. The van der Waals surface area contributed by atoms with Crippen molar-refractivity contribution in [2.75, 3.05) is 13.1 Å². The lowest BCUT2D eigenvalue weighted by Crippen LogP contribution is -2.35. The minimum Gasteiger partial charge on any atom is -0.481 e. The van der Waals surface area contributed by atoms with Crippen LogP contribution in [0.3, 0.4) is 0 Å². The predicted molar refractivity (Wildman–Crippen MR) is 49.3 cm³/mol. The second-order valence-corrected chi connectivity index (χ2v) is 2.95. The fraction of sp³-hybridized carbons (Fsp3) is 0.556. The molecule has 1 amide bonds. The van der Waals surface area contributed by atoms with Gasteiger partial charge in [0, 0.05) is 20.0 Å². The molecule has 0 rings (SSSR count). The van der Waals surface area contributed by atoms with Gasteiger partial charge in [0.05, 0.1) is 5.92 Å². The average Bonchev–Trinajstić information content (AvgIpc) is 2.03. The van der Waals surface area contributed by atoms with Crippen LogP contribution < -0.4 is 0 Å². The van der Waals surface area contributed by atoms with Crippen LogP contribution in [0.4, 0.5) is 0 Å². The van der Waals surface area contributed by atoms with E-state index in [4.69, 9.17) is 5.11 Å². The number of rotatable bonds is 5. The van der Waals surface area contributed by atoms with Crippen LogP contribution >= 0.6 is 0 Å². The van der Waals surface area contributed by atoms with Crippen molar-refractivity contribution >= 4 is 11.9 Å². The second kappa shape index (κ2) is 5.35. The zero-order valence-corrected chi connectivity index (χ0v) is 7.99. The van der Waals surface area contributed by atoms with Gasteiger partial charge in [-0.1, -0.05) is 13.0 Å². The van der Waals surface area contributed by atoms with Gasteiger partial charge < -0.3 is 10.0 Å². The molecule has 0 aromatic rings. The molecule has 4 heteroatoms. The van der Waals surface area contributed by atoms with Crippen LogP contribution in [-0.4, -0.2) is 35.0 Å². The molecule has 1 N–H and O–H groups in total. The topological polar surface area (TPSA) is 57.6 Å². The van der Waals surface area contributed by atoms with Crippen LogP contribution in [-0.2, 0) is 9.59 Å². The number of aliphatic carboxylic acids is 1. The quantitative estimate of drug-likeness (QED) is 0.643. The summed E-state index contributed by atoms with van der Waals surface area (Å²) in [5.74, 6) is -1.56. The van der Waals surface area contributed by atoms with Crippen molar-refractivity contribution in [1.29, 1.82) is 0 Å². The Morgan fingerprint density at radius 1 is 1.62 bits per heavy atom.